The van der Waals surface area contributed by atoms with Gasteiger partial charge in [0.2, 0.25) is 0 Å². The van der Waals surface area contributed by atoms with Crippen LogP contribution in [0.1, 0.15) is 32.3 Å². The molecule has 0 aliphatic heterocycles. The van der Waals surface area contributed by atoms with E-state index in [-0.39, 0.29) is 12.6 Å². The summed E-state index contributed by atoms with van der Waals surface area (Å²) in [4.78, 5) is 13.2. The fourth-order valence-corrected chi connectivity index (χ4v) is 2.49. The normalized spacial score (nSPS) is 14.1. The monoisotopic (exact) mass is 293 g/mol. The molecule has 1 rings (SSSR count). The average Bonchev–Trinajstić information content (AvgIpc) is 2.49. The van der Waals surface area contributed by atoms with Crippen molar-refractivity contribution >= 4 is 5.97 Å². The number of aliphatic hydroxyl groups excluding tert-OH is 1. The second kappa shape index (κ2) is 9.53. The van der Waals surface area contributed by atoms with E-state index in [0.717, 1.165) is 25.8 Å². The molecule has 0 spiro atoms. The quantitative estimate of drug-likeness (QED) is 0.695. The summed E-state index contributed by atoms with van der Waals surface area (Å²) in [6.45, 7) is 5.12. The summed E-state index contributed by atoms with van der Waals surface area (Å²) >= 11 is 0. The molecule has 2 atom stereocenters. The third-order valence-corrected chi connectivity index (χ3v) is 3.88. The molecule has 0 bridgehead atoms. The Labute approximate surface area is 127 Å². The third-order valence-electron chi connectivity index (χ3n) is 3.88. The van der Waals surface area contributed by atoms with Gasteiger partial charge in [-0.05, 0) is 31.4 Å². The largest absolute Gasteiger partial charge is 0.481 e. The van der Waals surface area contributed by atoms with Gasteiger partial charge in [0.05, 0.1) is 12.5 Å². The Kier molecular flexibility index (Phi) is 8.01. The van der Waals surface area contributed by atoms with E-state index in [1.807, 2.05) is 25.1 Å². The number of hydrogen-bond donors (Lipinski definition) is 2. The Bertz CT molecular complexity index is 404. The predicted molar refractivity (Wildman–Crippen MR) is 84.3 cm³/mol. The Balaban J connectivity index is 2.53. The highest BCUT2D eigenvalue weighted by Crippen LogP contribution is 2.11. The van der Waals surface area contributed by atoms with Crippen LogP contribution in [0, 0.1) is 5.92 Å². The summed E-state index contributed by atoms with van der Waals surface area (Å²) < 4.78 is 0. The van der Waals surface area contributed by atoms with Crippen LogP contribution in [0.3, 0.4) is 0 Å². The van der Waals surface area contributed by atoms with E-state index in [9.17, 15) is 9.90 Å². The lowest BCUT2D eigenvalue weighted by atomic mass is 10.1. The zero-order valence-corrected chi connectivity index (χ0v) is 13.0. The van der Waals surface area contributed by atoms with Crippen LogP contribution in [0.2, 0.25) is 0 Å². The molecule has 1 aromatic carbocycles. The molecule has 0 aliphatic carbocycles. The standard InChI is InChI=1S/C17H27NO3/c1-3-16(13-19)18(12-14(2)17(20)21)11-7-10-15-8-5-4-6-9-15/h4-6,8-9,14,16,19H,3,7,10-13H2,1-2H3,(H,20,21). The van der Waals surface area contributed by atoms with E-state index in [0.29, 0.717) is 6.54 Å². The molecule has 0 aliphatic rings. The summed E-state index contributed by atoms with van der Waals surface area (Å²) in [5.74, 6) is -1.20. The zero-order chi connectivity index (χ0) is 15.7. The lowest BCUT2D eigenvalue weighted by Crippen LogP contribution is -2.42. The zero-order valence-electron chi connectivity index (χ0n) is 13.0. The topological polar surface area (TPSA) is 60.8 Å². The van der Waals surface area contributed by atoms with Gasteiger partial charge in [0.1, 0.15) is 0 Å². The molecule has 21 heavy (non-hydrogen) atoms. The van der Waals surface area contributed by atoms with Gasteiger partial charge in [-0.2, -0.15) is 0 Å². The van der Waals surface area contributed by atoms with Crippen molar-refractivity contribution < 1.29 is 15.0 Å². The Morgan fingerprint density at radius 2 is 1.95 bits per heavy atom. The molecule has 0 heterocycles. The summed E-state index contributed by atoms with van der Waals surface area (Å²) in [6, 6.07) is 10.3. The smallest absolute Gasteiger partial charge is 0.307 e. The number of rotatable bonds is 10. The van der Waals surface area contributed by atoms with Gasteiger partial charge in [0.25, 0.3) is 0 Å². The van der Waals surface area contributed by atoms with E-state index >= 15 is 0 Å². The highest BCUT2D eigenvalue weighted by atomic mass is 16.4. The van der Waals surface area contributed by atoms with Gasteiger partial charge in [-0.25, -0.2) is 0 Å². The predicted octanol–water partition coefficient (Wildman–Crippen LogP) is 2.41. The molecule has 0 amide bonds. The van der Waals surface area contributed by atoms with Crippen LogP contribution in [0.25, 0.3) is 0 Å². The van der Waals surface area contributed by atoms with E-state index in [4.69, 9.17) is 5.11 Å². The molecule has 4 nitrogen and oxygen atoms in total. The highest BCUT2D eigenvalue weighted by molar-refractivity contribution is 5.69. The number of carbonyl (C=O) groups is 1. The first-order chi connectivity index (χ1) is 10.1. The van der Waals surface area contributed by atoms with Crippen molar-refractivity contribution in [2.75, 3.05) is 19.7 Å². The van der Waals surface area contributed by atoms with Crippen LogP contribution >= 0.6 is 0 Å². The average molecular weight is 293 g/mol. The van der Waals surface area contributed by atoms with Crippen molar-refractivity contribution in [3.63, 3.8) is 0 Å². The Morgan fingerprint density at radius 3 is 2.48 bits per heavy atom. The molecular weight excluding hydrogens is 266 g/mol. The number of carboxylic acid groups (broad SMARTS) is 1. The first-order valence-electron chi connectivity index (χ1n) is 7.70. The minimum absolute atomic E-state index is 0.0440. The van der Waals surface area contributed by atoms with Crippen molar-refractivity contribution in [2.24, 2.45) is 5.92 Å². The molecule has 1 aromatic rings. The van der Waals surface area contributed by atoms with Crippen LogP contribution in [0.4, 0.5) is 0 Å². The number of aliphatic carboxylic acids is 1. The van der Waals surface area contributed by atoms with Crippen molar-refractivity contribution in [1.82, 2.24) is 4.90 Å². The second-order valence-corrected chi connectivity index (χ2v) is 5.57. The van der Waals surface area contributed by atoms with Crippen LogP contribution in [0.15, 0.2) is 30.3 Å². The lowest BCUT2D eigenvalue weighted by molar-refractivity contribution is -0.142. The first kappa shape index (κ1) is 17.7. The summed E-state index contributed by atoms with van der Waals surface area (Å²) in [5, 5.41) is 18.5. The minimum Gasteiger partial charge on any atom is -0.481 e. The number of hydrogen-bond acceptors (Lipinski definition) is 3. The van der Waals surface area contributed by atoms with Crippen LogP contribution in [-0.4, -0.2) is 46.8 Å². The highest BCUT2D eigenvalue weighted by Gasteiger charge is 2.21. The SMILES string of the molecule is CCC(CO)N(CCCc1ccccc1)CC(C)C(=O)O. The fraction of sp³-hybridized carbons (Fsp3) is 0.588. The maximum Gasteiger partial charge on any atom is 0.307 e. The molecule has 118 valence electrons. The van der Waals surface area contributed by atoms with E-state index < -0.39 is 11.9 Å². The number of nitrogens with zero attached hydrogens (tertiary/aromatic N) is 1. The van der Waals surface area contributed by atoms with Gasteiger partial charge >= 0.3 is 5.97 Å². The fourth-order valence-electron chi connectivity index (χ4n) is 2.49. The molecule has 0 fully saturated rings. The van der Waals surface area contributed by atoms with Crippen LogP contribution in [-0.2, 0) is 11.2 Å². The maximum absolute atomic E-state index is 11.0. The second-order valence-electron chi connectivity index (χ2n) is 5.57. The van der Waals surface area contributed by atoms with Gasteiger partial charge in [-0.15, -0.1) is 0 Å². The van der Waals surface area contributed by atoms with Gasteiger partial charge in [0.15, 0.2) is 0 Å². The van der Waals surface area contributed by atoms with Crippen molar-refractivity contribution in [3.05, 3.63) is 35.9 Å². The first-order valence-corrected chi connectivity index (χ1v) is 7.70. The summed E-state index contributed by atoms with van der Waals surface area (Å²) in [6.07, 6.45) is 2.77. The van der Waals surface area contributed by atoms with Crippen molar-refractivity contribution in [2.45, 2.75) is 39.2 Å². The molecule has 0 saturated heterocycles. The molecule has 0 saturated carbocycles. The molecule has 2 unspecified atom stereocenters. The molecule has 2 N–H and O–H groups in total. The molecule has 0 aromatic heterocycles. The Morgan fingerprint density at radius 1 is 1.29 bits per heavy atom. The van der Waals surface area contributed by atoms with Gasteiger partial charge in [-0.1, -0.05) is 44.2 Å². The van der Waals surface area contributed by atoms with Crippen LogP contribution < -0.4 is 0 Å². The van der Waals surface area contributed by atoms with Crippen LogP contribution in [0.5, 0.6) is 0 Å². The van der Waals surface area contributed by atoms with E-state index in [1.165, 1.54) is 5.56 Å². The summed E-state index contributed by atoms with van der Waals surface area (Å²) in [5.41, 5.74) is 1.29. The number of aryl methyl sites for hydroxylation is 1. The molecule has 0 radical (unpaired) electrons. The molecular formula is C17H27NO3. The maximum atomic E-state index is 11.0. The Hall–Kier alpha value is -1.39. The van der Waals surface area contributed by atoms with E-state index in [2.05, 4.69) is 17.0 Å². The lowest BCUT2D eigenvalue weighted by Gasteiger charge is -2.31. The van der Waals surface area contributed by atoms with Gasteiger partial charge < -0.3 is 10.2 Å². The van der Waals surface area contributed by atoms with Gasteiger partial charge in [0, 0.05) is 12.6 Å². The summed E-state index contributed by atoms with van der Waals surface area (Å²) in [7, 11) is 0. The van der Waals surface area contributed by atoms with Gasteiger partial charge in [-0.3, -0.25) is 9.69 Å². The minimum atomic E-state index is -0.782. The molecule has 4 heteroatoms. The third kappa shape index (κ3) is 6.27. The van der Waals surface area contributed by atoms with Crippen molar-refractivity contribution in [3.8, 4) is 0 Å². The number of carboxylic acids is 1. The number of benzene rings is 1. The van der Waals surface area contributed by atoms with Crippen molar-refractivity contribution in [1.29, 1.82) is 0 Å². The van der Waals surface area contributed by atoms with E-state index in [1.54, 1.807) is 6.92 Å². The number of aliphatic hydroxyl groups is 1.